The first-order valence-electron chi connectivity index (χ1n) is 9.81. The van der Waals surface area contributed by atoms with Gasteiger partial charge in [0.1, 0.15) is 11.6 Å². The standard InChI is InChI=1S/C22H28FN3O4/c1-28-19-6-4-17(23)12-16(19)14-25-8-10-26(11-9-25)15-22(27)24-18-5-7-20(29-2)21(13-18)30-3/h4-7,12-13H,8-11,14-15H2,1-3H3,(H,24,27). The van der Waals surface area contributed by atoms with Gasteiger partial charge in [0.05, 0.1) is 27.9 Å². The number of hydrogen-bond acceptors (Lipinski definition) is 6. The van der Waals surface area contributed by atoms with Gasteiger partial charge in [0, 0.05) is 50.0 Å². The summed E-state index contributed by atoms with van der Waals surface area (Å²) in [5, 5.41) is 2.90. The van der Waals surface area contributed by atoms with Gasteiger partial charge in [0.25, 0.3) is 0 Å². The first-order valence-corrected chi connectivity index (χ1v) is 9.81. The summed E-state index contributed by atoms with van der Waals surface area (Å²) in [5.74, 6) is 1.52. The molecule has 1 N–H and O–H groups in total. The highest BCUT2D eigenvalue weighted by Crippen LogP contribution is 2.29. The lowest BCUT2D eigenvalue weighted by Crippen LogP contribution is -2.48. The number of carbonyl (C=O) groups excluding carboxylic acids is 1. The number of amides is 1. The molecule has 0 aliphatic carbocycles. The number of nitrogens with zero attached hydrogens (tertiary/aromatic N) is 2. The molecule has 1 fully saturated rings. The van der Waals surface area contributed by atoms with Gasteiger partial charge >= 0.3 is 0 Å². The van der Waals surface area contributed by atoms with Gasteiger partial charge in [-0.25, -0.2) is 4.39 Å². The first kappa shape index (κ1) is 21.9. The first-order chi connectivity index (χ1) is 14.5. The number of halogens is 1. The molecule has 162 valence electrons. The Morgan fingerprint density at radius 2 is 1.53 bits per heavy atom. The summed E-state index contributed by atoms with van der Waals surface area (Å²) < 4.78 is 29.4. The summed E-state index contributed by atoms with van der Waals surface area (Å²) in [7, 11) is 4.72. The third kappa shape index (κ3) is 5.61. The number of anilines is 1. The molecule has 1 heterocycles. The number of rotatable bonds is 8. The van der Waals surface area contributed by atoms with Crippen LogP contribution in [0.5, 0.6) is 17.2 Å². The van der Waals surface area contributed by atoms with Crippen molar-refractivity contribution >= 4 is 11.6 Å². The van der Waals surface area contributed by atoms with Crippen molar-refractivity contribution in [2.75, 3.05) is 59.4 Å². The number of methoxy groups -OCH3 is 3. The van der Waals surface area contributed by atoms with E-state index in [2.05, 4.69) is 15.1 Å². The van der Waals surface area contributed by atoms with Gasteiger partial charge in [-0.15, -0.1) is 0 Å². The van der Waals surface area contributed by atoms with E-state index < -0.39 is 0 Å². The minimum atomic E-state index is -0.267. The van der Waals surface area contributed by atoms with Gasteiger partial charge in [-0.1, -0.05) is 0 Å². The quantitative estimate of drug-likeness (QED) is 0.713. The van der Waals surface area contributed by atoms with Crippen LogP contribution in [0.1, 0.15) is 5.56 Å². The van der Waals surface area contributed by atoms with Crippen molar-refractivity contribution in [1.29, 1.82) is 0 Å². The molecule has 7 nitrogen and oxygen atoms in total. The number of benzene rings is 2. The minimum absolute atomic E-state index is 0.0810. The Hall–Kier alpha value is -2.84. The van der Waals surface area contributed by atoms with Crippen LogP contribution in [0.4, 0.5) is 10.1 Å². The van der Waals surface area contributed by atoms with Crippen molar-refractivity contribution in [3.8, 4) is 17.2 Å². The molecule has 2 aromatic rings. The van der Waals surface area contributed by atoms with Crippen LogP contribution < -0.4 is 19.5 Å². The lowest BCUT2D eigenvalue weighted by atomic mass is 10.1. The maximum Gasteiger partial charge on any atom is 0.238 e. The molecule has 2 aromatic carbocycles. The zero-order chi connectivity index (χ0) is 21.5. The smallest absolute Gasteiger partial charge is 0.238 e. The third-order valence-corrected chi connectivity index (χ3v) is 5.14. The summed E-state index contributed by atoms with van der Waals surface area (Å²) in [4.78, 5) is 16.8. The van der Waals surface area contributed by atoms with E-state index in [0.29, 0.717) is 36.0 Å². The SMILES string of the molecule is COc1ccc(F)cc1CN1CCN(CC(=O)Nc2ccc(OC)c(OC)c2)CC1. The molecule has 3 rings (SSSR count). The van der Waals surface area contributed by atoms with Crippen LogP contribution in [0.3, 0.4) is 0 Å². The van der Waals surface area contributed by atoms with Crippen LogP contribution in [0.2, 0.25) is 0 Å². The molecule has 1 saturated heterocycles. The molecule has 0 bridgehead atoms. The fourth-order valence-electron chi connectivity index (χ4n) is 3.53. The summed E-state index contributed by atoms with van der Waals surface area (Å²) in [6.07, 6.45) is 0. The molecular weight excluding hydrogens is 389 g/mol. The highest BCUT2D eigenvalue weighted by atomic mass is 19.1. The molecule has 0 unspecified atom stereocenters. The summed E-state index contributed by atoms with van der Waals surface area (Å²) in [5.41, 5.74) is 1.49. The van der Waals surface area contributed by atoms with E-state index in [-0.39, 0.29) is 11.7 Å². The van der Waals surface area contributed by atoms with Gasteiger partial charge in [-0.3, -0.25) is 14.6 Å². The average molecular weight is 417 g/mol. The Morgan fingerprint density at radius 1 is 0.900 bits per heavy atom. The lowest BCUT2D eigenvalue weighted by Gasteiger charge is -2.34. The van der Waals surface area contributed by atoms with Gasteiger partial charge in [0.2, 0.25) is 5.91 Å². The topological polar surface area (TPSA) is 63.3 Å². The van der Waals surface area contributed by atoms with Crippen LogP contribution in [0.15, 0.2) is 36.4 Å². The molecule has 8 heteroatoms. The second-order valence-corrected chi connectivity index (χ2v) is 7.13. The van der Waals surface area contributed by atoms with Crippen molar-refractivity contribution in [3.05, 3.63) is 47.8 Å². The Balaban J connectivity index is 1.49. The van der Waals surface area contributed by atoms with Gasteiger partial charge < -0.3 is 19.5 Å². The van der Waals surface area contributed by atoms with Crippen LogP contribution in [-0.2, 0) is 11.3 Å². The third-order valence-electron chi connectivity index (χ3n) is 5.14. The second kappa shape index (κ2) is 10.3. The van der Waals surface area contributed by atoms with Crippen molar-refractivity contribution in [1.82, 2.24) is 9.80 Å². The van der Waals surface area contributed by atoms with Crippen LogP contribution >= 0.6 is 0 Å². The summed E-state index contributed by atoms with van der Waals surface area (Å²) in [6, 6.07) is 9.84. The maximum absolute atomic E-state index is 13.6. The molecule has 0 aromatic heterocycles. The lowest BCUT2D eigenvalue weighted by molar-refractivity contribution is -0.117. The van der Waals surface area contributed by atoms with Crippen molar-refractivity contribution < 1.29 is 23.4 Å². The molecule has 1 amide bonds. The van der Waals surface area contributed by atoms with Gasteiger partial charge in [0.15, 0.2) is 11.5 Å². The van der Waals surface area contributed by atoms with Crippen molar-refractivity contribution in [2.45, 2.75) is 6.54 Å². The Morgan fingerprint density at radius 3 is 2.20 bits per heavy atom. The van der Waals surface area contributed by atoms with Gasteiger partial charge in [-0.05, 0) is 30.3 Å². The number of nitrogens with one attached hydrogen (secondary N) is 1. The van der Waals surface area contributed by atoms with E-state index in [1.165, 1.54) is 12.1 Å². The molecular formula is C22H28FN3O4. The molecule has 1 aliphatic rings. The van der Waals surface area contributed by atoms with E-state index in [4.69, 9.17) is 14.2 Å². The normalized spacial score (nSPS) is 14.9. The van der Waals surface area contributed by atoms with E-state index in [0.717, 1.165) is 31.7 Å². The van der Waals surface area contributed by atoms with Crippen LogP contribution in [-0.4, -0.2) is 69.8 Å². The van der Waals surface area contributed by atoms with Crippen molar-refractivity contribution in [3.63, 3.8) is 0 Å². The second-order valence-electron chi connectivity index (χ2n) is 7.13. The van der Waals surface area contributed by atoms with E-state index >= 15 is 0 Å². The molecule has 1 aliphatic heterocycles. The number of hydrogen-bond donors (Lipinski definition) is 1. The van der Waals surface area contributed by atoms with Crippen molar-refractivity contribution in [2.24, 2.45) is 0 Å². The summed E-state index contributed by atoms with van der Waals surface area (Å²) in [6.45, 7) is 4.04. The van der Waals surface area contributed by atoms with E-state index in [1.54, 1.807) is 45.6 Å². The average Bonchev–Trinajstić information content (AvgIpc) is 2.75. The van der Waals surface area contributed by atoms with Crippen LogP contribution in [0.25, 0.3) is 0 Å². The number of carbonyl (C=O) groups is 1. The largest absolute Gasteiger partial charge is 0.496 e. The zero-order valence-corrected chi connectivity index (χ0v) is 17.6. The predicted octanol–water partition coefficient (Wildman–Crippen LogP) is 2.61. The number of piperazine rings is 1. The van der Waals surface area contributed by atoms with Crippen LogP contribution in [0, 0.1) is 5.82 Å². The predicted molar refractivity (Wildman–Crippen MR) is 113 cm³/mol. The van der Waals surface area contributed by atoms with E-state index in [1.807, 2.05) is 0 Å². The monoisotopic (exact) mass is 417 g/mol. The molecule has 0 atom stereocenters. The summed E-state index contributed by atoms with van der Waals surface area (Å²) >= 11 is 0. The highest BCUT2D eigenvalue weighted by molar-refractivity contribution is 5.92. The molecule has 0 spiro atoms. The minimum Gasteiger partial charge on any atom is -0.496 e. The highest BCUT2D eigenvalue weighted by Gasteiger charge is 2.20. The van der Waals surface area contributed by atoms with Gasteiger partial charge in [-0.2, -0.15) is 0 Å². The fraction of sp³-hybridized carbons (Fsp3) is 0.409. The Bertz CT molecular complexity index is 869. The molecule has 0 saturated carbocycles. The number of ether oxygens (including phenoxy) is 3. The zero-order valence-electron chi connectivity index (χ0n) is 17.6. The molecule has 0 radical (unpaired) electrons. The Kier molecular flexibility index (Phi) is 7.48. The molecule has 30 heavy (non-hydrogen) atoms. The Labute approximate surface area is 176 Å². The van der Waals surface area contributed by atoms with E-state index in [9.17, 15) is 9.18 Å². The maximum atomic E-state index is 13.6. The fourth-order valence-corrected chi connectivity index (χ4v) is 3.53.